The Morgan fingerprint density at radius 3 is 1.69 bits per heavy atom. The van der Waals surface area contributed by atoms with Gasteiger partial charge in [-0.15, -0.1) is 37.0 Å². The molecule has 0 radical (unpaired) electrons. The van der Waals surface area contributed by atoms with Crippen LogP contribution in [0.15, 0.2) is 58.3 Å². The molecule has 3 heterocycles. The van der Waals surface area contributed by atoms with Crippen LogP contribution in [0.2, 0.25) is 0 Å². The molecule has 3 saturated heterocycles. The van der Waals surface area contributed by atoms with E-state index in [-0.39, 0.29) is 82.6 Å². The van der Waals surface area contributed by atoms with Crippen molar-refractivity contribution in [2.45, 2.75) is 336 Å². The number of methoxy groups -OCH3 is 1. The predicted octanol–water partition coefficient (Wildman–Crippen LogP) is 12.3. The van der Waals surface area contributed by atoms with Crippen LogP contribution in [0.4, 0.5) is 0 Å². The molecule has 5 rings (SSSR count). The molecule has 2 aromatic carbocycles. The van der Waals surface area contributed by atoms with Crippen molar-refractivity contribution in [3.8, 4) is 37.0 Å². The molecule has 21 nitrogen and oxygen atoms in total. The number of cyclic esters (lactones) is 1. The van der Waals surface area contributed by atoms with Crippen molar-refractivity contribution >= 4 is 35.8 Å². The number of aryl methyl sites for hydroxylation is 2. The molecule has 0 aromatic heterocycles. The molecular weight excluding hydrogens is 1390 g/mol. The van der Waals surface area contributed by atoms with Crippen LogP contribution >= 0.6 is 10.7 Å². The average molecular weight is 1530 g/mol. The van der Waals surface area contributed by atoms with Crippen LogP contribution in [0, 0.1) is 68.6 Å². The van der Waals surface area contributed by atoms with Gasteiger partial charge in [-0.3, -0.25) is 13.9 Å². The molecular formula is C80H142ClN3O18S2. The largest absolute Gasteiger partial charge is 0.459 e. The molecule has 0 unspecified atom stereocenters. The highest BCUT2D eigenvalue weighted by atomic mass is 35.7. The Balaban J connectivity index is -0.00000173. The SMILES string of the molecule is C.C.C.C#CCCCCN(C)[C@H]1C[C@@H](C)O[C@@H](O[C@@H]2[C@@H](C)[C@H](O[C@@H]3C[C@@](C)(OC)[C@@H](O)[C@H](C)O3)[C@@H](C)C(=O)O[C@H](CC)[C@@](C)(O)[C@H](O)[C@@H](C)N(C)C[C@H](C)C[C@@]2(C)O)[C@@H]1O.C#CCCCCO.C#CCCCCOS(=O)(=O)c1ccc(C)cc1.CCN(C(C)C)C(C)C.Cc1ccc(S(=O)(=O)Cl)cc1. The number of hydrogen-bond donors (Lipinski definition) is 6. The Kier molecular flexibility index (Phi) is 51.0. The topological polar surface area (TPSA) is 281 Å². The summed E-state index contributed by atoms with van der Waals surface area (Å²) in [6.07, 6.45) is 14.1. The fraction of sp³-hybridized carbons (Fsp3) is 0.762. The Labute approximate surface area is 636 Å². The molecule has 0 spiro atoms. The van der Waals surface area contributed by atoms with E-state index in [0.29, 0.717) is 50.9 Å². The smallest absolute Gasteiger partial charge is 0.311 e. The van der Waals surface area contributed by atoms with Gasteiger partial charge in [0, 0.05) is 86.7 Å². The number of ether oxygens (including phenoxy) is 6. The van der Waals surface area contributed by atoms with Gasteiger partial charge >= 0.3 is 5.97 Å². The summed E-state index contributed by atoms with van der Waals surface area (Å²) in [4.78, 5) is 21.1. The minimum Gasteiger partial charge on any atom is -0.459 e. The molecule has 0 bridgehead atoms. The lowest BCUT2D eigenvalue weighted by atomic mass is 9.77. The second-order valence-electron chi connectivity index (χ2n) is 28.7. The van der Waals surface area contributed by atoms with Gasteiger partial charge in [0.15, 0.2) is 12.6 Å². The van der Waals surface area contributed by atoms with E-state index in [1.807, 2.05) is 53.6 Å². The highest BCUT2D eigenvalue weighted by molar-refractivity contribution is 8.13. The van der Waals surface area contributed by atoms with Crippen LogP contribution in [-0.2, 0) is 56.6 Å². The summed E-state index contributed by atoms with van der Waals surface area (Å²) >= 11 is 0. The molecule has 24 heteroatoms. The Morgan fingerprint density at radius 1 is 0.740 bits per heavy atom. The second kappa shape index (κ2) is 50.8. The first-order valence-electron chi connectivity index (χ1n) is 35.9. The predicted molar refractivity (Wildman–Crippen MR) is 420 cm³/mol. The van der Waals surface area contributed by atoms with Gasteiger partial charge in [0.2, 0.25) is 0 Å². The summed E-state index contributed by atoms with van der Waals surface area (Å²) < 4.78 is 87.7. The molecule has 2 aromatic rings. The number of nitrogens with zero attached hydrogens (tertiary/aromatic N) is 3. The third-order valence-electron chi connectivity index (χ3n) is 19.2. The van der Waals surface area contributed by atoms with Crippen LogP contribution in [-0.4, -0.2) is 225 Å². The standard InChI is InChI=1S/C43H78N2O12.C13H16O3S.C8H19N.C7H7ClO2S.C6H10O.3CH4/c1-15-17-18-19-20-44(12)31-21-26(4)53-40(34(31)46)57-38-27(5)35(56-33-23-42(10,52-14)37(48)30(8)54-33)28(6)39(49)55-32(16-2)43(11,51)36(47)29(7)45(13)24-25(3)22-41(38,9)50;1-3-4-5-6-11-16-17(14,15)13-9-7-12(2)8-10-13;1-6-9(7(2)3)8(4)5;1-6-2-4-7(5-3-6)11(8,9)10;1-2-3-4-5-6-7;;;/h1,25-38,40,46-48,50-51H,16-24H2,2-14H3;1,7-10H,4-6,11H2,2H3;7-8H,6H2,1-5H3;2-5H,1H3;1,7H,3-6H2;3*1H4/t25-,26-,27+,28-,29-,30+,31+,32-,33-,34-,35+,36-,37+,38-,40+,41-,42-,43-;;;;;;;/m1......./s1. The van der Waals surface area contributed by atoms with Crippen molar-refractivity contribution in [1.29, 1.82) is 0 Å². The maximum absolute atomic E-state index is 14.3. The summed E-state index contributed by atoms with van der Waals surface area (Å²) in [5, 5.41) is 67.1. The van der Waals surface area contributed by atoms with Gasteiger partial charge in [0.1, 0.15) is 30.0 Å². The van der Waals surface area contributed by atoms with Gasteiger partial charge < -0.3 is 68.9 Å². The number of carbonyl (C=O) groups excluding carboxylic acids is 1. The molecule has 0 saturated carbocycles. The number of hydrogen-bond acceptors (Lipinski definition) is 21. The van der Waals surface area contributed by atoms with Gasteiger partial charge in [-0.05, 0) is 205 Å². The van der Waals surface area contributed by atoms with Crippen LogP contribution in [0.1, 0.15) is 221 Å². The monoisotopic (exact) mass is 1530 g/mol. The minimum absolute atomic E-state index is 0. The van der Waals surface area contributed by atoms with Crippen molar-refractivity contribution in [3.63, 3.8) is 0 Å². The maximum atomic E-state index is 14.3. The van der Waals surface area contributed by atoms with E-state index in [0.717, 1.165) is 56.2 Å². The summed E-state index contributed by atoms with van der Waals surface area (Å²) in [6, 6.07) is 13.5. The molecule has 604 valence electrons. The van der Waals surface area contributed by atoms with Crippen LogP contribution in [0.5, 0.6) is 0 Å². The lowest BCUT2D eigenvalue weighted by Gasteiger charge is -2.49. The van der Waals surface area contributed by atoms with Gasteiger partial charge in [-0.2, -0.15) is 8.42 Å². The Bertz CT molecular complexity index is 3000. The van der Waals surface area contributed by atoms with Gasteiger partial charge in [-0.1, -0.05) is 85.4 Å². The zero-order valence-corrected chi connectivity index (χ0v) is 66.9. The number of esters is 1. The molecule has 6 N–H and O–H groups in total. The number of rotatable bonds is 24. The first-order valence-corrected chi connectivity index (χ1v) is 39.6. The lowest BCUT2D eigenvalue weighted by molar-refractivity contribution is -0.318. The van der Waals surface area contributed by atoms with E-state index in [2.05, 4.69) is 62.2 Å². The molecule has 3 fully saturated rings. The zero-order chi connectivity index (χ0) is 77.4. The summed E-state index contributed by atoms with van der Waals surface area (Å²) in [6.45, 7) is 35.3. The quantitative estimate of drug-likeness (QED) is 0.0187. The van der Waals surface area contributed by atoms with Crippen molar-refractivity contribution < 1.29 is 84.9 Å². The number of carbonyl (C=O) groups is 1. The number of aliphatic hydroxyl groups excluding tert-OH is 4. The molecule has 0 aliphatic carbocycles. The van der Waals surface area contributed by atoms with Gasteiger partial charge in [0.05, 0.1) is 57.9 Å². The van der Waals surface area contributed by atoms with E-state index in [9.17, 15) is 47.2 Å². The summed E-state index contributed by atoms with van der Waals surface area (Å²) in [5.74, 6) is 5.03. The van der Waals surface area contributed by atoms with Crippen molar-refractivity contribution in [3.05, 3.63) is 59.7 Å². The minimum atomic E-state index is -3.62. The Hall–Kier alpha value is -3.82. The third kappa shape index (κ3) is 34.8. The molecule has 3 aliphatic heterocycles. The second-order valence-corrected chi connectivity index (χ2v) is 32.9. The normalized spacial score (nSPS) is 29.9. The zero-order valence-electron chi connectivity index (χ0n) is 64.5. The number of aliphatic hydroxyl groups is 6. The number of benzene rings is 2. The summed E-state index contributed by atoms with van der Waals surface area (Å²) in [7, 11) is 3.24. The number of unbranched alkanes of at least 4 members (excludes halogenated alkanes) is 6. The molecule has 0 amide bonds. The van der Waals surface area contributed by atoms with Crippen molar-refractivity contribution in [2.75, 3.05) is 54.1 Å². The molecule has 3 aliphatic rings. The van der Waals surface area contributed by atoms with E-state index < -0.39 is 115 Å². The molecule has 18 atom stereocenters. The fourth-order valence-corrected chi connectivity index (χ4v) is 14.8. The van der Waals surface area contributed by atoms with E-state index in [1.165, 1.54) is 26.2 Å². The van der Waals surface area contributed by atoms with Crippen LogP contribution in [0.25, 0.3) is 0 Å². The van der Waals surface area contributed by atoms with E-state index in [1.54, 1.807) is 77.9 Å². The number of halogens is 1. The van der Waals surface area contributed by atoms with E-state index >= 15 is 0 Å². The van der Waals surface area contributed by atoms with Crippen molar-refractivity contribution in [2.24, 2.45) is 17.8 Å². The highest BCUT2D eigenvalue weighted by Crippen LogP contribution is 2.41. The number of terminal acetylenes is 3. The summed E-state index contributed by atoms with van der Waals surface area (Å²) in [5.41, 5.74) is -2.40. The lowest BCUT2D eigenvalue weighted by Crippen LogP contribution is -2.60. The van der Waals surface area contributed by atoms with E-state index in [4.69, 9.17) is 67.7 Å². The third-order valence-corrected chi connectivity index (χ3v) is 21.9. The maximum Gasteiger partial charge on any atom is 0.311 e. The molecule has 104 heavy (non-hydrogen) atoms. The van der Waals surface area contributed by atoms with Crippen LogP contribution < -0.4 is 0 Å². The first-order chi connectivity index (χ1) is 47.0. The van der Waals surface area contributed by atoms with Crippen molar-refractivity contribution in [1.82, 2.24) is 14.7 Å². The first kappa shape index (κ1) is 104. The Morgan fingerprint density at radius 2 is 1.24 bits per heavy atom. The van der Waals surface area contributed by atoms with Gasteiger partial charge in [-0.25, -0.2) is 8.42 Å². The number of likely N-dealkylation sites (N-methyl/N-ethyl adjacent to an activating group) is 2. The van der Waals surface area contributed by atoms with Crippen LogP contribution in [0.3, 0.4) is 0 Å². The highest BCUT2D eigenvalue weighted by Gasteiger charge is 2.53. The average Bonchev–Trinajstić information content (AvgIpc) is 1.01. The van der Waals surface area contributed by atoms with Gasteiger partial charge in [0.25, 0.3) is 19.2 Å². The fourth-order valence-electron chi connectivity index (χ4n) is 13.1.